The number of aryl methyl sites for hydroxylation is 1. The number of ether oxygens (including phenoxy) is 2. The van der Waals surface area contributed by atoms with Crippen molar-refractivity contribution in [2.45, 2.75) is 6.92 Å². The minimum atomic E-state index is -0.586. The summed E-state index contributed by atoms with van der Waals surface area (Å²) in [7, 11) is 2.69. The first-order valence-corrected chi connectivity index (χ1v) is 7.52. The van der Waals surface area contributed by atoms with Gasteiger partial charge in [0, 0.05) is 17.3 Å². The molecule has 0 aliphatic rings. The van der Waals surface area contributed by atoms with Crippen molar-refractivity contribution in [3.8, 4) is 11.5 Å². The maximum Gasteiger partial charge on any atom is 0.339 e. The molecule has 0 saturated carbocycles. The Morgan fingerprint density at radius 1 is 1.23 bits per heavy atom. The van der Waals surface area contributed by atoms with E-state index >= 15 is 0 Å². The van der Waals surface area contributed by atoms with Crippen molar-refractivity contribution in [1.29, 1.82) is 0 Å². The molecular weight excluding hydrogens is 340 g/mol. The van der Waals surface area contributed by atoms with E-state index in [0.29, 0.717) is 11.3 Å². The molecule has 0 atom stereocenters. The van der Waals surface area contributed by atoms with Gasteiger partial charge in [-0.2, -0.15) is 5.10 Å². The van der Waals surface area contributed by atoms with Crippen LogP contribution in [0, 0.1) is 17.0 Å². The minimum Gasteiger partial charge on any atom is -0.493 e. The predicted octanol–water partition coefficient (Wildman–Crippen LogP) is 3.08. The van der Waals surface area contributed by atoms with Crippen molar-refractivity contribution in [3.63, 3.8) is 0 Å². The molecule has 2 rings (SSSR count). The molecule has 0 aliphatic heterocycles. The van der Waals surface area contributed by atoms with E-state index in [2.05, 4.69) is 15.8 Å². The number of methoxy groups -OCH3 is 2. The lowest BCUT2D eigenvalue weighted by molar-refractivity contribution is -0.385. The molecule has 9 nitrogen and oxygen atoms in total. The molecule has 136 valence electrons. The highest BCUT2D eigenvalue weighted by atomic mass is 16.6. The molecule has 0 spiro atoms. The number of benzene rings is 2. The fourth-order valence-electron chi connectivity index (χ4n) is 2.20. The Labute approximate surface area is 149 Å². The summed E-state index contributed by atoms with van der Waals surface area (Å²) in [6, 6.07) is 9.53. The van der Waals surface area contributed by atoms with E-state index in [0.717, 1.165) is 5.56 Å². The number of nitrogens with one attached hydrogen (secondary N) is 2. The van der Waals surface area contributed by atoms with E-state index in [4.69, 9.17) is 9.47 Å². The second-order valence-electron chi connectivity index (χ2n) is 5.17. The molecule has 0 saturated heterocycles. The van der Waals surface area contributed by atoms with Gasteiger partial charge in [-0.1, -0.05) is 18.2 Å². The molecule has 0 aromatic heterocycles. The average molecular weight is 358 g/mol. The van der Waals surface area contributed by atoms with Crippen LogP contribution >= 0.6 is 0 Å². The Morgan fingerprint density at radius 2 is 1.96 bits per heavy atom. The largest absolute Gasteiger partial charge is 0.493 e. The lowest BCUT2D eigenvalue weighted by atomic mass is 10.2. The normalized spacial score (nSPS) is 10.4. The lowest BCUT2D eigenvalue weighted by Gasteiger charge is -2.09. The third-order valence-corrected chi connectivity index (χ3v) is 3.45. The van der Waals surface area contributed by atoms with Gasteiger partial charge in [0.2, 0.25) is 5.75 Å². The maximum atomic E-state index is 11.9. The molecule has 2 aromatic carbocycles. The van der Waals surface area contributed by atoms with Crippen molar-refractivity contribution < 1.29 is 19.2 Å². The zero-order chi connectivity index (χ0) is 19.1. The molecule has 0 heterocycles. The summed E-state index contributed by atoms with van der Waals surface area (Å²) in [6.45, 7) is 1.86. The van der Waals surface area contributed by atoms with E-state index in [-0.39, 0.29) is 17.2 Å². The highest BCUT2D eigenvalue weighted by molar-refractivity contribution is 5.91. The van der Waals surface area contributed by atoms with E-state index in [1.165, 1.54) is 32.6 Å². The van der Waals surface area contributed by atoms with Gasteiger partial charge in [0.05, 0.1) is 25.4 Å². The summed E-state index contributed by atoms with van der Waals surface area (Å²) in [5.41, 5.74) is 3.96. The smallest absolute Gasteiger partial charge is 0.339 e. The summed E-state index contributed by atoms with van der Waals surface area (Å²) in [5, 5.41) is 17.6. The van der Waals surface area contributed by atoms with Crippen LogP contribution in [0.25, 0.3) is 0 Å². The Kier molecular flexibility index (Phi) is 6.10. The molecule has 0 fully saturated rings. The van der Waals surface area contributed by atoms with Gasteiger partial charge in [-0.25, -0.2) is 10.2 Å². The highest BCUT2D eigenvalue weighted by Gasteiger charge is 2.21. The highest BCUT2D eigenvalue weighted by Crippen LogP contribution is 2.37. The van der Waals surface area contributed by atoms with Crippen LogP contribution in [0.4, 0.5) is 16.2 Å². The van der Waals surface area contributed by atoms with Crippen LogP contribution in [0.15, 0.2) is 41.5 Å². The molecule has 2 amide bonds. The maximum absolute atomic E-state index is 11.9. The zero-order valence-corrected chi connectivity index (χ0v) is 14.5. The van der Waals surface area contributed by atoms with Gasteiger partial charge in [0.25, 0.3) is 0 Å². The fourth-order valence-corrected chi connectivity index (χ4v) is 2.20. The van der Waals surface area contributed by atoms with Crippen molar-refractivity contribution in [1.82, 2.24) is 5.43 Å². The number of para-hydroxylation sites is 1. The first kappa shape index (κ1) is 18.7. The van der Waals surface area contributed by atoms with Gasteiger partial charge in [0.1, 0.15) is 0 Å². The molecular formula is C17H18N4O5. The van der Waals surface area contributed by atoms with Gasteiger partial charge in [-0.3, -0.25) is 10.1 Å². The number of carbonyl (C=O) groups excluding carboxylic acids is 1. The minimum absolute atomic E-state index is 0.0138. The first-order chi connectivity index (χ1) is 12.5. The number of nitrogens with zero attached hydrogens (tertiary/aromatic N) is 2. The van der Waals surface area contributed by atoms with Crippen LogP contribution in [-0.4, -0.2) is 31.4 Å². The summed E-state index contributed by atoms with van der Waals surface area (Å²) in [6.07, 6.45) is 1.27. The first-order valence-electron chi connectivity index (χ1n) is 7.52. The van der Waals surface area contributed by atoms with Crippen molar-refractivity contribution in [2.24, 2.45) is 5.10 Å². The Bertz CT molecular complexity index is 851. The van der Waals surface area contributed by atoms with E-state index in [9.17, 15) is 14.9 Å². The summed E-state index contributed by atoms with van der Waals surface area (Å²) >= 11 is 0. The quantitative estimate of drug-likeness (QED) is 0.468. The van der Waals surface area contributed by atoms with E-state index in [1.807, 2.05) is 19.1 Å². The van der Waals surface area contributed by atoms with Crippen LogP contribution in [0.3, 0.4) is 0 Å². The van der Waals surface area contributed by atoms with Gasteiger partial charge < -0.3 is 14.8 Å². The van der Waals surface area contributed by atoms with Crippen molar-refractivity contribution in [3.05, 3.63) is 57.6 Å². The number of anilines is 1. The van der Waals surface area contributed by atoms with Gasteiger partial charge in [-0.15, -0.1) is 0 Å². The fraction of sp³-hybridized carbons (Fsp3) is 0.176. The number of rotatable bonds is 6. The Balaban J connectivity index is 2.12. The molecule has 0 unspecified atom stereocenters. The van der Waals surface area contributed by atoms with Crippen LogP contribution in [0.5, 0.6) is 11.5 Å². The number of amides is 2. The van der Waals surface area contributed by atoms with Crippen LogP contribution in [-0.2, 0) is 0 Å². The third-order valence-electron chi connectivity index (χ3n) is 3.45. The number of hydrogen-bond donors (Lipinski definition) is 2. The summed E-state index contributed by atoms with van der Waals surface area (Å²) in [4.78, 5) is 22.4. The second kappa shape index (κ2) is 8.47. The molecule has 2 aromatic rings. The van der Waals surface area contributed by atoms with E-state index < -0.39 is 11.0 Å². The molecule has 0 radical (unpaired) electrons. The molecule has 9 heteroatoms. The summed E-state index contributed by atoms with van der Waals surface area (Å²) in [5.74, 6) is 0.201. The number of nitro benzene ring substituents is 1. The lowest BCUT2D eigenvalue weighted by Crippen LogP contribution is -2.24. The SMILES string of the molecule is COc1cc(/C=N\NC(=O)Nc2ccccc2C)cc([N+](=O)[O-])c1OC. The van der Waals surface area contributed by atoms with Crippen molar-refractivity contribution >= 4 is 23.6 Å². The molecule has 0 aliphatic carbocycles. The van der Waals surface area contributed by atoms with Gasteiger partial charge in [0.15, 0.2) is 5.75 Å². The van der Waals surface area contributed by atoms with Crippen LogP contribution in [0.1, 0.15) is 11.1 Å². The number of urea groups is 1. The standard InChI is InChI=1S/C17H18N4O5/c1-11-6-4-5-7-13(11)19-17(22)20-18-10-12-8-14(21(23)24)16(26-3)15(9-12)25-2/h4-10H,1-3H3,(H2,19,20,22)/b18-10-. The van der Waals surface area contributed by atoms with Crippen LogP contribution in [0.2, 0.25) is 0 Å². The van der Waals surface area contributed by atoms with Crippen molar-refractivity contribution in [2.75, 3.05) is 19.5 Å². The number of hydrogen-bond acceptors (Lipinski definition) is 6. The van der Waals surface area contributed by atoms with Gasteiger partial charge >= 0.3 is 11.7 Å². The Hall–Kier alpha value is -3.62. The van der Waals surface area contributed by atoms with Gasteiger partial charge in [-0.05, 0) is 24.6 Å². The van der Waals surface area contributed by atoms with Crippen LogP contribution < -0.4 is 20.2 Å². The zero-order valence-electron chi connectivity index (χ0n) is 14.5. The number of hydrazone groups is 1. The van der Waals surface area contributed by atoms with E-state index in [1.54, 1.807) is 12.1 Å². The summed E-state index contributed by atoms with van der Waals surface area (Å²) < 4.78 is 10.1. The number of nitro groups is 1. The Morgan fingerprint density at radius 3 is 2.58 bits per heavy atom. The number of carbonyl (C=O) groups is 1. The average Bonchev–Trinajstić information content (AvgIpc) is 2.62. The molecule has 0 bridgehead atoms. The topological polar surface area (TPSA) is 115 Å². The molecule has 26 heavy (non-hydrogen) atoms. The second-order valence-corrected chi connectivity index (χ2v) is 5.17. The monoisotopic (exact) mass is 358 g/mol. The molecule has 2 N–H and O–H groups in total. The third kappa shape index (κ3) is 4.47. The predicted molar refractivity (Wildman–Crippen MR) is 97.1 cm³/mol.